The van der Waals surface area contributed by atoms with Gasteiger partial charge in [-0.3, -0.25) is 9.59 Å². The van der Waals surface area contributed by atoms with Crippen molar-refractivity contribution < 1.29 is 9.59 Å². The molecule has 0 aliphatic carbocycles. The molecule has 2 aromatic carbocycles. The Morgan fingerprint density at radius 1 is 1.12 bits per heavy atom. The lowest BCUT2D eigenvalue weighted by Gasteiger charge is -2.04. The van der Waals surface area contributed by atoms with Crippen molar-refractivity contribution in [2.24, 2.45) is 5.10 Å². The van der Waals surface area contributed by atoms with E-state index in [0.29, 0.717) is 17.7 Å². The minimum Gasteiger partial charge on any atom is -0.358 e. The van der Waals surface area contributed by atoms with Crippen molar-refractivity contribution in [3.63, 3.8) is 0 Å². The van der Waals surface area contributed by atoms with E-state index < -0.39 is 0 Å². The number of nitrogens with zero attached hydrogens (tertiary/aromatic N) is 1. The maximum atomic E-state index is 12.2. The van der Waals surface area contributed by atoms with Crippen LogP contribution in [0.1, 0.15) is 35.0 Å². The molecule has 0 atom stereocenters. The third kappa shape index (κ3) is 3.80. The largest absolute Gasteiger partial charge is 0.358 e. The molecule has 26 heavy (non-hydrogen) atoms. The Morgan fingerprint density at radius 3 is 2.58 bits per heavy atom. The third-order valence-electron chi connectivity index (χ3n) is 4.06. The molecule has 0 bridgehead atoms. The molecule has 2 amide bonds. The van der Waals surface area contributed by atoms with Crippen LogP contribution in [-0.4, -0.2) is 23.0 Å². The van der Waals surface area contributed by atoms with Gasteiger partial charge in [-0.2, -0.15) is 5.10 Å². The number of aromatic amines is 1. The van der Waals surface area contributed by atoms with Crippen LogP contribution in [0.5, 0.6) is 0 Å². The lowest BCUT2D eigenvalue weighted by Crippen LogP contribution is -2.17. The summed E-state index contributed by atoms with van der Waals surface area (Å²) in [5.74, 6) is -0.381. The molecular formula is C20H20N4O2. The number of rotatable bonds is 5. The summed E-state index contributed by atoms with van der Waals surface area (Å²) in [5.41, 5.74) is 6.61. The molecule has 3 N–H and O–H groups in total. The Kier molecular flexibility index (Phi) is 5.12. The Bertz CT molecular complexity index is 971. The number of aromatic nitrogens is 1. The SMILES string of the molecule is CCC(=O)Nc1ccc(C(=O)NN=Cc2c(C)[nH]c3ccccc23)cc1. The van der Waals surface area contributed by atoms with E-state index in [1.54, 1.807) is 37.4 Å². The number of fused-ring (bicyclic) bond motifs is 1. The lowest BCUT2D eigenvalue weighted by atomic mass is 10.1. The van der Waals surface area contributed by atoms with Gasteiger partial charge in [-0.25, -0.2) is 5.43 Å². The molecule has 0 radical (unpaired) electrons. The van der Waals surface area contributed by atoms with Crippen molar-refractivity contribution >= 4 is 34.6 Å². The standard InChI is InChI=1S/C20H20N4O2/c1-3-19(25)23-15-10-8-14(9-11-15)20(26)24-21-12-17-13(2)22-18-7-5-4-6-16(17)18/h4-12,22H,3H2,1-2H3,(H,23,25)(H,24,26). The summed E-state index contributed by atoms with van der Waals surface area (Å²) in [6.07, 6.45) is 2.05. The molecule has 0 saturated heterocycles. The molecule has 6 nitrogen and oxygen atoms in total. The second kappa shape index (κ2) is 7.65. The van der Waals surface area contributed by atoms with Crippen molar-refractivity contribution in [2.45, 2.75) is 20.3 Å². The minimum absolute atomic E-state index is 0.0686. The number of amides is 2. The highest BCUT2D eigenvalue weighted by Crippen LogP contribution is 2.19. The molecule has 0 spiro atoms. The number of anilines is 1. The number of para-hydroxylation sites is 1. The first kappa shape index (κ1) is 17.4. The van der Waals surface area contributed by atoms with Gasteiger partial charge in [0.15, 0.2) is 0 Å². The van der Waals surface area contributed by atoms with Gasteiger partial charge < -0.3 is 10.3 Å². The van der Waals surface area contributed by atoms with E-state index in [0.717, 1.165) is 22.2 Å². The Morgan fingerprint density at radius 2 is 1.85 bits per heavy atom. The smallest absolute Gasteiger partial charge is 0.271 e. The fourth-order valence-corrected chi connectivity index (χ4v) is 2.64. The highest BCUT2D eigenvalue weighted by Gasteiger charge is 2.07. The van der Waals surface area contributed by atoms with Crippen molar-refractivity contribution in [3.8, 4) is 0 Å². The number of aryl methyl sites for hydroxylation is 1. The molecular weight excluding hydrogens is 328 g/mol. The van der Waals surface area contributed by atoms with Gasteiger partial charge in [-0.1, -0.05) is 25.1 Å². The van der Waals surface area contributed by atoms with Gasteiger partial charge in [-0.05, 0) is 37.3 Å². The van der Waals surface area contributed by atoms with Crippen molar-refractivity contribution in [1.82, 2.24) is 10.4 Å². The topological polar surface area (TPSA) is 86.3 Å². The second-order valence-electron chi connectivity index (χ2n) is 5.89. The average molecular weight is 348 g/mol. The molecule has 6 heteroatoms. The van der Waals surface area contributed by atoms with Crippen LogP contribution in [0.25, 0.3) is 10.9 Å². The fraction of sp³-hybridized carbons (Fsp3) is 0.150. The van der Waals surface area contributed by atoms with Gasteiger partial charge in [0, 0.05) is 39.8 Å². The lowest BCUT2D eigenvalue weighted by molar-refractivity contribution is -0.115. The summed E-state index contributed by atoms with van der Waals surface area (Å²) in [6.45, 7) is 3.75. The van der Waals surface area contributed by atoms with Crippen LogP contribution in [0.15, 0.2) is 53.6 Å². The highest BCUT2D eigenvalue weighted by molar-refractivity contribution is 6.01. The molecule has 1 heterocycles. The van der Waals surface area contributed by atoms with Crippen LogP contribution in [0, 0.1) is 6.92 Å². The number of nitrogens with one attached hydrogen (secondary N) is 3. The van der Waals surface area contributed by atoms with Gasteiger partial charge in [0.05, 0.1) is 6.21 Å². The minimum atomic E-state index is -0.313. The van der Waals surface area contributed by atoms with Gasteiger partial charge >= 0.3 is 0 Å². The van der Waals surface area contributed by atoms with E-state index in [4.69, 9.17) is 0 Å². The monoisotopic (exact) mass is 348 g/mol. The molecule has 3 rings (SSSR count). The van der Waals surface area contributed by atoms with E-state index in [1.807, 2.05) is 31.2 Å². The molecule has 132 valence electrons. The predicted octanol–water partition coefficient (Wildman–Crippen LogP) is 3.59. The first-order valence-corrected chi connectivity index (χ1v) is 8.39. The van der Waals surface area contributed by atoms with Crippen LogP contribution in [0.3, 0.4) is 0 Å². The van der Waals surface area contributed by atoms with Crippen LogP contribution in [-0.2, 0) is 4.79 Å². The second-order valence-corrected chi connectivity index (χ2v) is 5.89. The van der Waals surface area contributed by atoms with E-state index in [-0.39, 0.29) is 11.8 Å². The van der Waals surface area contributed by atoms with Crippen LogP contribution in [0.2, 0.25) is 0 Å². The normalized spacial score (nSPS) is 11.0. The number of benzene rings is 2. The molecule has 0 saturated carbocycles. The molecule has 3 aromatic rings. The summed E-state index contributed by atoms with van der Waals surface area (Å²) in [4.78, 5) is 26.8. The molecule has 0 unspecified atom stereocenters. The van der Waals surface area contributed by atoms with Crippen molar-refractivity contribution in [2.75, 3.05) is 5.32 Å². The zero-order chi connectivity index (χ0) is 18.5. The summed E-state index contributed by atoms with van der Waals surface area (Å²) in [6, 6.07) is 14.6. The van der Waals surface area contributed by atoms with Crippen LogP contribution >= 0.6 is 0 Å². The predicted molar refractivity (Wildman–Crippen MR) is 103 cm³/mol. The van der Waals surface area contributed by atoms with E-state index >= 15 is 0 Å². The van der Waals surface area contributed by atoms with Gasteiger partial charge in [0.2, 0.25) is 5.91 Å². The van der Waals surface area contributed by atoms with Crippen LogP contribution < -0.4 is 10.7 Å². The van der Waals surface area contributed by atoms with E-state index in [1.165, 1.54) is 0 Å². The number of hydrogen-bond donors (Lipinski definition) is 3. The van der Waals surface area contributed by atoms with Gasteiger partial charge in [0.1, 0.15) is 0 Å². The first-order valence-electron chi connectivity index (χ1n) is 8.39. The maximum Gasteiger partial charge on any atom is 0.271 e. The Labute approximate surface area is 151 Å². The number of carbonyl (C=O) groups is 2. The summed E-state index contributed by atoms with van der Waals surface area (Å²) >= 11 is 0. The van der Waals surface area contributed by atoms with Crippen molar-refractivity contribution in [3.05, 3.63) is 65.4 Å². The zero-order valence-electron chi connectivity index (χ0n) is 14.7. The highest BCUT2D eigenvalue weighted by atomic mass is 16.2. The molecule has 0 fully saturated rings. The zero-order valence-corrected chi connectivity index (χ0v) is 14.7. The molecule has 1 aromatic heterocycles. The van der Waals surface area contributed by atoms with E-state index in [9.17, 15) is 9.59 Å². The Balaban J connectivity index is 1.67. The average Bonchev–Trinajstić information content (AvgIpc) is 2.97. The fourth-order valence-electron chi connectivity index (χ4n) is 2.64. The molecule has 0 aliphatic rings. The number of hydrazone groups is 1. The quantitative estimate of drug-likeness (QED) is 0.486. The molecule has 0 aliphatic heterocycles. The van der Waals surface area contributed by atoms with Crippen molar-refractivity contribution in [1.29, 1.82) is 0 Å². The van der Waals surface area contributed by atoms with Crippen LogP contribution in [0.4, 0.5) is 5.69 Å². The summed E-state index contributed by atoms with van der Waals surface area (Å²) in [7, 11) is 0. The first-order chi connectivity index (χ1) is 12.6. The number of H-pyrrole nitrogens is 1. The maximum absolute atomic E-state index is 12.2. The number of hydrogen-bond acceptors (Lipinski definition) is 3. The van der Waals surface area contributed by atoms with Gasteiger partial charge in [0.25, 0.3) is 5.91 Å². The number of carbonyl (C=O) groups excluding carboxylic acids is 2. The summed E-state index contributed by atoms with van der Waals surface area (Å²) in [5, 5.41) is 7.86. The third-order valence-corrected chi connectivity index (χ3v) is 4.06. The van der Waals surface area contributed by atoms with Gasteiger partial charge in [-0.15, -0.1) is 0 Å². The van der Waals surface area contributed by atoms with E-state index in [2.05, 4.69) is 20.8 Å². The Hall–Kier alpha value is -3.41. The summed E-state index contributed by atoms with van der Waals surface area (Å²) < 4.78 is 0.